The van der Waals surface area contributed by atoms with Gasteiger partial charge in [0.05, 0.1) is 24.4 Å². The van der Waals surface area contributed by atoms with Crippen LogP contribution >= 0.6 is 0 Å². The number of benzene rings is 1. The highest BCUT2D eigenvalue weighted by Gasteiger charge is 2.34. The molecule has 4 unspecified atom stereocenters. The van der Waals surface area contributed by atoms with E-state index < -0.39 is 11.9 Å². The van der Waals surface area contributed by atoms with Crippen molar-refractivity contribution < 1.29 is 19.0 Å². The van der Waals surface area contributed by atoms with Crippen molar-refractivity contribution in [2.45, 2.75) is 52.0 Å². The Morgan fingerprint density at radius 3 is 2.56 bits per heavy atom. The Balaban J connectivity index is 1.98. The molecule has 4 atom stereocenters. The summed E-state index contributed by atoms with van der Waals surface area (Å²) in [6, 6.07) is 5.51. The van der Waals surface area contributed by atoms with Crippen molar-refractivity contribution in [1.82, 2.24) is 10.2 Å². The van der Waals surface area contributed by atoms with Gasteiger partial charge >= 0.3 is 0 Å². The van der Waals surface area contributed by atoms with Gasteiger partial charge in [-0.3, -0.25) is 9.69 Å². The van der Waals surface area contributed by atoms with Crippen LogP contribution in [0.1, 0.15) is 39.4 Å². The summed E-state index contributed by atoms with van der Waals surface area (Å²) in [7, 11) is 0. The average molecular weight is 352 g/mol. The topological polar surface area (TPSA) is 61.8 Å². The zero-order valence-corrected chi connectivity index (χ0v) is 15.4. The predicted molar refractivity (Wildman–Crippen MR) is 94.6 cm³/mol. The van der Waals surface area contributed by atoms with Crippen LogP contribution in [-0.2, 0) is 9.53 Å². The van der Waals surface area contributed by atoms with E-state index in [0.717, 1.165) is 0 Å². The first kappa shape index (κ1) is 19.8. The van der Waals surface area contributed by atoms with Crippen LogP contribution in [0.4, 0.5) is 4.39 Å². The third-order valence-electron chi connectivity index (χ3n) is 4.44. The first-order valence-corrected chi connectivity index (χ1v) is 8.88. The summed E-state index contributed by atoms with van der Waals surface area (Å²) in [5, 5.41) is 13.0. The summed E-state index contributed by atoms with van der Waals surface area (Å²) in [5.74, 6) is -0.394. The minimum Gasteiger partial charge on any atom is -0.387 e. The molecule has 1 aliphatic rings. The van der Waals surface area contributed by atoms with E-state index in [9.17, 15) is 14.3 Å². The molecule has 0 aromatic heterocycles. The van der Waals surface area contributed by atoms with Gasteiger partial charge in [0.1, 0.15) is 5.82 Å². The number of rotatable bonds is 6. The summed E-state index contributed by atoms with van der Waals surface area (Å²) >= 11 is 0. The molecular weight excluding hydrogens is 323 g/mol. The van der Waals surface area contributed by atoms with Gasteiger partial charge in [-0.25, -0.2) is 4.39 Å². The van der Waals surface area contributed by atoms with E-state index in [2.05, 4.69) is 10.2 Å². The van der Waals surface area contributed by atoms with Crippen LogP contribution in [0.3, 0.4) is 0 Å². The minimum absolute atomic E-state index is 0.0565. The van der Waals surface area contributed by atoms with Crippen molar-refractivity contribution in [3.63, 3.8) is 0 Å². The van der Waals surface area contributed by atoms with Gasteiger partial charge in [0.2, 0.25) is 5.91 Å². The van der Waals surface area contributed by atoms with Gasteiger partial charge in [-0.15, -0.1) is 0 Å². The minimum atomic E-state index is -0.935. The quantitative estimate of drug-likeness (QED) is 0.823. The van der Waals surface area contributed by atoms with Gasteiger partial charge in [0, 0.05) is 19.6 Å². The fourth-order valence-electron chi connectivity index (χ4n) is 3.47. The maximum Gasteiger partial charge on any atom is 0.237 e. The molecule has 0 saturated carbocycles. The van der Waals surface area contributed by atoms with E-state index in [1.165, 1.54) is 12.1 Å². The molecule has 1 saturated heterocycles. The van der Waals surface area contributed by atoms with Crippen LogP contribution in [0, 0.1) is 11.7 Å². The van der Waals surface area contributed by atoms with E-state index in [1.54, 1.807) is 12.1 Å². The van der Waals surface area contributed by atoms with Crippen LogP contribution in [-0.4, -0.2) is 53.8 Å². The summed E-state index contributed by atoms with van der Waals surface area (Å²) in [6.45, 7) is 9.49. The number of aliphatic hydroxyl groups is 1. The normalized spacial score (nSPS) is 24.1. The summed E-state index contributed by atoms with van der Waals surface area (Å²) in [5.41, 5.74) is 0.454. The monoisotopic (exact) mass is 352 g/mol. The molecule has 0 bridgehead atoms. The lowest BCUT2D eigenvalue weighted by Crippen LogP contribution is -2.57. The van der Waals surface area contributed by atoms with Crippen LogP contribution < -0.4 is 5.32 Å². The zero-order valence-electron chi connectivity index (χ0n) is 15.4. The second-order valence-electron chi connectivity index (χ2n) is 7.22. The number of hydrogen-bond acceptors (Lipinski definition) is 4. The molecule has 140 valence electrons. The van der Waals surface area contributed by atoms with Crippen molar-refractivity contribution in [1.29, 1.82) is 0 Å². The number of aliphatic hydroxyl groups excluding tert-OH is 1. The molecule has 6 heteroatoms. The highest BCUT2D eigenvalue weighted by molar-refractivity contribution is 5.82. The van der Waals surface area contributed by atoms with Gasteiger partial charge in [-0.05, 0) is 37.5 Å². The fraction of sp³-hybridized carbons (Fsp3) is 0.632. The highest BCUT2D eigenvalue weighted by Crippen LogP contribution is 2.19. The van der Waals surface area contributed by atoms with E-state index in [4.69, 9.17) is 4.74 Å². The Hall–Kier alpha value is -1.50. The number of morpholine rings is 1. The first-order valence-electron chi connectivity index (χ1n) is 8.88. The number of amides is 1. The summed E-state index contributed by atoms with van der Waals surface area (Å²) < 4.78 is 19.0. The second-order valence-corrected chi connectivity index (χ2v) is 7.22. The van der Waals surface area contributed by atoms with Crippen molar-refractivity contribution in [3.8, 4) is 0 Å². The molecule has 1 amide bonds. The Morgan fingerprint density at radius 1 is 1.36 bits per heavy atom. The molecule has 25 heavy (non-hydrogen) atoms. The molecule has 0 radical (unpaired) electrons. The number of carbonyl (C=O) groups excluding carboxylic acids is 1. The molecule has 2 rings (SSSR count). The van der Waals surface area contributed by atoms with Gasteiger partial charge in [-0.1, -0.05) is 26.0 Å². The number of nitrogens with zero attached hydrogens (tertiary/aromatic N) is 1. The number of nitrogens with one attached hydrogen (secondary N) is 1. The SMILES string of the molecule is CC1CN(C(C(=O)NCC(O)c2cccc(F)c2)C(C)C)CC(C)O1. The molecule has 0 spiro atoms. The predicted octanol–water partition coefficient (Wildman–Crippen LogP) is 2.11. The zero-order chi connectivity index (χ0) is 18.6. The molecule has 1 heterocycles. The number of carbonyl (C=O) groups is 1. The van der Waals surface area contributed by atoms with Crippen molar-refractivity contribution in [2.24, 2.45) is 5.92 Å². The van der Waals surface area contributed by atoms with E-state index in [-0.39, 0.29) is 36.6 Å². The van der Waals surface area contributed by atoms with Crippen LogP contribution in [0.15, 0.2) is 24.3 Å². The largest absolute Gasteiger partial charge is 0.387 e. The van der Waals surface area contributed by atoms with Crippen molar-refractivity contribution in [3.05, 3.63) is 35.6 Å². The third kappa shape index (κ3) is 5.49. The second kappa shape index (κ2) is 8.74. The van der Waals surface area contributed by atoms with E-state index in [1.807, 2.05) is 27.7 Å². The maximum atomic E-state index is 13.3. The molecule has 2 N–H and O–H groups in total. The van der Waals surface area contributed by atoms with Crippen LogP contribution in [0.2, 0.25) is 0 Å². The van der Waals surface area contributed by atoms with Crippen LogP contribution in [0.5, 0.6) is 0 Å². The summed E-state index contributed by atoms with van der Waals surface area (Å²) in [6.07, 6.45) is -0.777. The smallest absolute Gasteiger partial charge is 0.237 e. The standard InChI is InChI=1S/C19H29FN2O3/c1-12(2)18(22-10-13(3)25-14(4)11-22)19(24)21-9-17(23)15-6-5-7-16(20)8-15/h5-8,12-14,17-18,23H,9-11H2,1-4H3,(H,21,24). The molecular formula is C19H29FN2O3. The fourth-order valence-corrected chi connectivity index (χ4v) is 3.47. The van der Waals surface area contributed by atoms with E-state index >= 15 is 0 Å². The Labute approximate surface area is 149 Å². The highest BCUT2D eigenvalue weighted by atomic mass is 19.1. The molecule has 1 aliphatic heterocycles. The Bertz CT molecular complexity index is 572. The molecule has 1 aromatic carbocycles. The van der Waals surface area contributed by atoms with E-state index in [0.29, 0.717) is 18.7 Å². The first-order chi connectivity index (χ1) is 11.8. The molecule has 0 aliphatic carbocycles. The Kier molecular flexibility index (Phi) is 6.93. The molecule has 5 nitrogen and oxygen atoms in total. The van der Waals surface area contributed by atoms with Gasteiger partial charge in [0.25, 0.3) is 0 Å². The van der Waals surface area contributed by atoms with Gasteiger partial charge in [0.15, 0.2) is 0 Å². The van der Waals surface area contributed by atoms with Gasteiger partial charge in [-0.2, -0.15) is 0 Å². The number of hydrogen-bond donors (Lipinski definition) is 2. The Morgan fingerprint density at radius 2 is 2.00 bits per heavy atom. The number of ether oxygens (including phenoxy) is 1. The van der Waals surface area contributed by atoms with Gasteiger partial charge < -0.3 is 15.2 Å². The van der Waals surface area contributed by atoms with Crippen LogP contribution in [0.25, 0.3) is 0 Å². The lowest BCUT2D eigenvalue weighted by Gasteiger charge is -2.41. The molecule has 1 fully saturated rings. The van der Waals surface area contributed by atoms with Crippen molar-refractivity contribution >= 4 is 5.91 Å². The third-order valence-corrected chi connectivity index (χ3v) is 4.44. The average Bonchev–Trinajstić information content (AvgIpc) is 2.51. The lowest BCUT2D eigenvalue weighted by atomic mass is 9.99. The lowest BCUT2D eigenvalue weighted by molar-refractivity contribution is -0.135. The maximum absolute atomic E-state index is 13.3. The summed E-state index contributed by atoms with van der Waals surface area (Å²) in [4.78, 5) is 14.9. The number of halogens is 1. The molecule has 1 aromatic rings. The van der Waals surface area contributed by atoms with Crippen molar-refractivity contribution in [2.75, 3.05) is 19.6 Å².